The molecule has 1 aliphatic rings. The highest BCUT2D eigenvalue weighted by Gasteiger charge is 2.45. The number of aliphatic hydroxyl groups excluding tert-OH is 1. The van der Waals surface area contributed by atoms with Crippen LogP contribution in [-0.2, 0) is 18.8 Å². The highest BCUT2D eigenvalue weighted by Crippen LogP contribution is 2.40. The largest absolute Gasteiger partial charge is 0.386 e. The van der Waals surface area contributed by atoms with E-state index in [0.717, 1.165) is 0 Å². The second-order valence-electron chi connectivity index (χ2n) is 4.59. The Hall–Kier alpha value is -0.0400. The predicted molar refractivity (Wildman–Crippen MR) is 62.1 cm³/mol. The molecule has 0 bridgehead atoms. The van der Waals surface area contributed by atoms with Gasteiger partial charge in [-0.25, -0.2) is 4.39 Å². The van der Waals surface area contributed by atoms with Crippen molar-refractivity contribution in [3.05, 3.63) is 0 Å². The van der Waals surface area contributed by atoms with E-state index < -0.39 is 44.7 Å². The van der Waals surface area contributed by atoms with E-state index in [-0.39, 0.29) is 6.10 Å². The lowest BCUT2D eigenvalue weighted by Gasteiger charge is -2.23. The molecular formula is C10H20FO6P. The lowest BCUT2D eigenvalue weighted by Crippen LogP contribution is -2.35. The van der Waals surface area contributed by atoms with Crippen molar-refractivity contribution in [2.75, 3.05) is 12.7 Å². The molecule has 1 unspecified atom stereocenters. The van der Waals surface area contributed by atoms with Gasteiger partial charge in [-0.2, -0.15) is 0 Å². The Morgan fingerprint density at radius 2 is 2.11 bits per heavy atom. The number of halogens is 1. The Bertz CT molecular complexity index is 313. The van der Waals surface area contributed by atoms with Gasteiger partial charge < -0.3 is 24.2 Å². The van der Waals surface area contributed by atoms with Crippen LogP contribution >= 0.6 is 7.37 Å². The molecule has 108 valence electrons. The molecule has 0 spiro atoms. The molecule has 0 aromatic carbocycles. The number of alkyl halides is 1. The second kappa shape index (κ2) is 6.41. The number of rotatable bonds is 6. The van der Waals surface area contributed by atoms with Crippen molar-refractivity contribution in [1.29, 1.82) is 0 Å². The second-order valence-corrected chi connectivity index (χ2v) is 6.82. The molecule has 0 radical (unpaired) electrons. The fourth-order valence-electron chi connectivity index (χ4n) is 1.60. The summed E-state index contributed by atoms with van der Waals surface area (Å²) in [5.74, 6) is 0. The van der Waals surface area contributed by atoms with Gasteiger partial charge in [0.25, 0.3) is 0 Å². The van der Waals surface area contributed by atoms with Gasteiger partial charge in [0.2, 0.25) is 7.37 Å². The predicted octanol–water partition coefficient (Wildman–Crippen LogP) is 1.06. The van der Waals surface area contributed by atoms with Gasteiger partial charge in [-0.1, -0.05) is 0 Å². The van der Waals surface area contributed by atoms with E-state index in [2.05, 4.69) is 0 Å². The average Bonchev–Trinajstić information content (AvgIpc) is 2.54. The topological polar surface area (TPSA) is 85.2 Å². The monoisotopic (exact) mass is 286 g/mol. The molecule has 0 aromatic heterocycles. The van der Waals surface area contributed by atoms with Gasteiger partial charge >= 0.3 is 0 Å². The number of ether oxygens (including phenoxy) is 3. The van der Waals surface area contributed by atoms with Gasteiger partial charge in [-0.05, 0) is 20.8 Å². The molecule has 0 aromatic rings. The lowest BCUT2D eigenvalue weighted by molar-refractivity contribution is -0.174. The van der Waals surface area contributed by atoms with Crippen LogP contribution in [-0.4, -0.2) is 53.5 Å². The van der Waals surface area contributed by atoms with Gasteiger partial charge in [0.15, 0.2) is 12.5 Å². The van der Waals surface area contributed by atoms with Crippen molar-refractivity contribution >= 4 is 7.37 Å². The lowest BCUT2D eigenvalue weighted by atomic mass is 10.2. The van der Waals surface area contributed by atoms with E-state index in [1.807, 2.05) is 0 Å². The van der Waals surface area contributed by atoms with E-state index in [4.69, 9.17) is 19.3 Å². The third kappa shape index (κ3) is 4.26. The highest BCUT2D eigenvalue weighted by molar-refractivity contribution is 7.57. The normalized spacial score (nSPS) is 35.9. The molecule has 6 nitrogen and oxygen atoms in total. The molecule has 1 aliphatic heterocycles. The number of hydrogen-bond donors (Lipinski definition) is 2. The molecule has 18 heavy (non-hydrogen) atoms. The molecule has 8 heteroatoms. The smallest absolute Gasteiger partial charge is 0.250 e. The molecule has 0 saturated carbocycles. The Labute approximate surface area is 105 Å². The first kappa shape index (κ1) is 16.0. The van der Waals surface area contributed by atoms with Crippen LogP contribution < -0.4 is 0 Å². The van der Waals surface area contributed by atoms with Gasteiger partial charge in [-0.3, -0.25) is 4.57 Å². The van der Waals surface area contributed by atoms with Crippen LogP contribution in [0.2, 0.25) is 0 Å². The summed E-state index contributed by atoms with van der Waals surface area (Å²) in [5, 5.41) is 8.64. The summed E-state index contributed by atoms with van der Waals surface area (Å²) in [6.07, 6.45) is -5.72. The van der Waals surface area contributed by atoms with Crippen LogP contribution in [0, 0.1) is 0 Å². The standard InChI is InChI=1S/C10H20FO6P/c1-6(2)16-9-8(11)7(3)17-10(9)15-5-18(13,14)4-12/h6-10,12H,4-5H2,1-3H3,(H,13,14)/t7-,8-,9-,10-/m0/s1. The Morgan fingerprint density at radius 1 is 1.50 bits per heavy atom. The van der Waals surface area contributed by atoms with E-state index in [0.29, 0.717) is 0 Å². The van der Waals surface area contributed by atoms with Crippen molar-refractivity contribution in [2.45, 2.75) is 51.5 Å². The first-order valence-electron chi connectivity index (χ1n) is 5.75. The summed E-state index contributed by atoms with van der Waals surface area (Å²) < 4.78 is 40.6. The maximum Gasteiger partial charge on any atom is 0.250 e. The molecular weight excluding hydrogens is 266 g/mol. The summed E-state index contributed by atoms with van der Waals surface area (Å²) in [6.45, 7) is 5.03. The Morgan fingerprint density at radius 3 is 2.61 bits per heavy atom. The van der Waals surface area contributed by atoms with Gasteiger partial charge in [0.1, 0.15) is 18.8 Å². The zero-order chi connectivity index (χ0) is 13.9. The van der Waals surface area contributed by atoms with Crippen LogP contribution in [0.15, 0.2) is 0 Å². The maximum absolute atomic E-state index is 13.8. The average molecular weight is 286 g/mol. The minimum absolute atomic E-state index is 0.216. The van der Waals surface area contributed by atoms with Crippen LogP contribution in [0.4, 0.5) is 4.39 Å². The molecule has 1 fully saturated rings. The van der Waals surface area contributed by atoms with E-state index in [1.54, 1.807) is 13.8 Å². The number of hydrogen-bond acceptors (Lipinski definition) is 5. The molecule has 1 rings (SSSR count). The summed E-state index contributed by atoms with van der Waals surface area (Å²) >= 11 is 0. The summed E-state index contributed by atoms with van der Waals surface area (Å²) in [4.78, 5) is 9.17. The first-order chi connectivity index (χ1) is 8.26. The minimum atomic E-state index is -3.75. The summed E-state index contributed by atoms with van der Waals surface area (Å²) in [5.41, 5.74) is 0. The maximum atomic E-state index is 13.8. The zero-order valence-corrected chi connectivity index (χ0v) is 11.5. The van der Waals surface area contributed by atoms with Crippen molar-refractivity contribution < 1.29 is 33.2 Å². The fraction of sp³-hybridized carbons (Fsp3) is 1.00. The summed E-state index contributed by atoms with van der Waals surface area (Å²) in [6, 6.07) is 0. The molecule has 1 heterocycles. The zero-order valence-electron chi connectivity index (χ0n) is 10.7. The van der Waals surface area contributed by atoms with Crippen molar-refractivity contribution in [3.63, 3.8) is 0 Å². The molecule has 0 amide bonds. The molecule has 1 saturated heterocycles. The van der Waals surface area contributed by atoms with Gasteiger partial charge in [0.05, 0.1) is 12.2 Å². The van der Waals surface area contributed by atoms with Crippen LogP contribution in [0.5, 0.6) is 0 Å². The Balaban J connectivity index is 2.60. The molecule has 5 atom stereocenters. The fourth-order valence-corrected chi connectivity index (χ4v) is 2.06. The molecule has 0 aliphatic carbocycles. The van der Waals surface area contributed by atoms with Gasteiger partial charge in [0, 0.05) is 0 Å². The SMILES string of the molecule is CC(C)O[C@@H]1[C@@H](OCP(=O)(O)CO)O[C@@H](C)[C@@H]1F. The highest BCUT2D eigenvalue weighted by atomic mass is 31.2. The third-order valence-corrected chi connectivity index (χ3v) is 3.46. The van der Waals surface area contributed by atoms with Crippen molar-refractivity contribution in [2.24, 2.45) is 0 Å². The summed E-state index contributed by atoms with van der Waals surface area (Å²) in [7, 11) is -3.75. The van der Waals surface area contributed by atoms with Crippen LogP contribution in [0.1, 0.15) is 20.8 Å². The van der Waals surface area contributed by atoms with E-state index in [9.17, 15) is 13.8 Å². The van der Waals surface area contributed by atoms with E-state index in [1.165, 1.54) is 6.92 Å². The minimum Gasteiger partial charge on any atom is -0.386 e. The van der Waals surface area contributed by atoms with Crippen LogP contribution in [0.3, 0.4) is 0 Å². The quantitative estimate of drug-likeness (QED) is 0.710. The van der Waals surface area contributed by atoms with Crippen LogP contribution in [0.25, 0.3) is 0 Å². The van der Waals surface area contributed by atoms with E-state index >= 15 is 0 Å². The molecule has 2 N–H and O–H groups in total. The van der Waals surface area contributed by atoms with Crippen molar-refractivity contribution in [1.82, 2.24) is 0 Å². The van der Waals surface area contributed by atoms with Crippen molar-refractivity contribution in [3.8, 4) is 0 Å². The first-order valence-corrected chi connectivity index (χ1v) is 7.78. The van der Waals surface area contributed by atoms with Gasteiger partial charge in [-0.15, -0.1) is 0 Å². The number of aliphatic hydroxyl groups is 1. The Kier molecular flexibility index (Phi) is 5.70. The third-order valence-electron chi connectivity index (χ3n) is 2.47.